The van der Waals surface area contributed by atoms with E-state index in [0.29, 0.717) is 11.1 Å². The summed E-state index contributed by atoms with van der Waals surface area (Å²) in [5, 5.41) is 62.6. The number of hydrogen-bond acceptors (Lipinski definition) is 8. The standard InChI is InChI=1S/C27H22N2O8/c30-20-7-1-16(2-8-20)22(17-3-9-21(31)10-4-17)15-23(18-5-11-26(32)24(13-18)28(34)35)19-6-12-27(33)25(14-19)29(36)37/h1-14,22-23,30-33H,15H2. The van der Waals surface area contributed by atoms with Crippen LogP contribution < -0.4 is 0 Å². The number of nitro benzene ring substituents is 2. The monoisotopic (exact) mass is 502 g/mol. The number of benzene rings is 4. The Balaban J connectivity index is 1.90. The first kappa shape index (κ1) is 25.0. The average molecular weight is 502 g/mol. The second-order valence-electron chi connectivity index (χ2n) is 8.53. The summed E-state index contributed by atoms with van der Waals surface area (Å²) >= 11 is 0. The largest absolute Gasteiger partial charge is 0.508 e. The highest BCUT2D eigenvalue weighted by atomic mass is 16.6. The van der Waals surface area contributed by atoms with Gasteiger partial charge in [0.1, 0.15) is 11.5 Å². The fourth-order valence-corrected chi connectivity index (χ4v) is 4.39. The normalized spacial score (nSPS) is 11.1. The molecule has 4 rings (SSSR count). The molecule has 0 aliphatic rings. The lowest BCUT2D eigenvalue weighted by molar-refractivity contribution is -0.386. The van der Waals surface area contributed by atoms with Crippen molar-refractivity contribution in [2.75, 3.05) is 0 Å². The molecule has 0 spiro atoms. The molecular weight excluding hydrogens is 480 g/mol. The van der Waals surface area contributed by atoms with Gasteiger partial charge in [0.25, 0.3) is 0 Å². The Morgan fingerprint density at radius 3 is 1.22 bits per heavy atom. The Morgan fingerprint density at radius 1 is 0.541 bits per heavy atom. The highest BCUT2D eigenvalue weighted by Gasteiger charge is 2.27. The van der Waals surface area contributed by atoms with Crippen molar-refractivity contribution in [2.45, 2.75) is 18.3 Å². The van der Waals surface area contributed by atoms with Gasteiger partial charge in [0.15, 0.2) is 11.5 Å². The number of aromatic hydroxyl groups is 4. The molecule has 0 bridgehead atoms. The molecule has 0 heterocycles. The lowest BCUT2D eigenvalue weighted by Crippen LogP contribution is -2.10. The number of hydrogen-bond donors (Lipinski definition) is 4. The number of phenolic OH excluding ortho intramolecular Hbond substituents is 4. The lowest BCUT2D eigenvalue weighted by atomic mass is 9.78. The van der Waals surface area contributed by atoms with Gasteiger partial charge in [-0.15, -0.1) is 0 Å². The molecule has 10 nitrogen and oxygen atoms in total. The van der Waals surface area contributed by atoms with E-state index in [1.54, 1.807) is 24.3 Å². The molecule has 0 atom stereocenters. The zero-order chi connectivity index (χ0) is 26.7. The van der Waals surface area contributed by atoms with Crippen LogP contribution in [0.1, 0.15) is 40.5 Å². The SMILES string of the molecule is O=[N+]([O-])c1cc(C(CC(c2ccc(O)cc2)c2ccc(O)cc2)c2ccc(O)c([N+](=O)[O-])c2)ccc1O. The van der Waals surface area contributed by atoms with Crippen molar-refractivity contribution in [3.05, 3.63) is 127 Å². The summed E-state index contributed by atoms with van der Waals surface area (Å²) in [6.07, 6.45) is 0.263. The maximum atomic E-state index is 11.5. The van der Waals surface area contributed by atoms with Gasteiger partial charge in [-0.1, -0.05) is 36.4 Å². The van der Waals surface area contributed by atoms with Gasteiger partial charge in [-0.25, -0.2) is 0 Å². The van der Waals surface area contributed by atoms with Crippen molar-refractivity contribution in [1.82, 2.24) is 0 Å². The first-order valence-corrected chi connectivity index (χ1v) is 11.2. The summed E-state index contributed by atoms with van der Waals surface area (Å²) in [6, 6.07) is 20.9. The molecule has 0 saturated heterocycles. The third-order valence-electron chi connectivity index (χ3n) is 6.26. The van der Waals surface area contributed by atoms with Crippen LogP contribution in [0.25, 0.3) is 0 Å². The fourth-order valence-electron chi connectivity index (χ4n) is 4.39. The highest BCUT2D eigenvalue weighted by molar-refractivity contribution is 5.54. The van der Waals surface area contributed by atoms with E-state index in [1.807, 2.05) is 0 Å². The van der Waals surface area contributed by atoms with Crippen LogP contribution >= 0.6 is 0 Å². The van der Waals surface area contributed by atoms with E-state index in [0.717, 1.165) is 11.1 Å². The lowest BCUT2D eigenvalue weighted by Gasteiger charge is -2.26. The summed E-state index contributed by atoms with van der Waals surface area (Å²) < 4.78 is 0. The first-order valence-electron chi connectivity index (χ1n) is 11.2. The third kappa shape index (κ3) is 5.43. The van der Waals surface area contributed by atoms with Gasteiger partial charge in [-0.3, -0.25) is 20.2 Å². The van der Waals surface area contributed by atoms with Crippen LogP contribution in [0.2, 0.25) is 0 Å². The summed E-state index contributed by atoms with van der Waals surface area (Å²) in [5.74, 6) is -1.92. The molecule has 0 aliphatic heterocycles. The maximum absolute atomic E-state index is 11.5. The van der Waals surface area contributed by atoms with E-state index in [-0.39, 0.29) is 23.8 Å². The average Bonchev–Trinajstić information content (AvgIpc) is 2.87. The summed E-state index contributed by atoms with van der Waals surface area (Å²) in [7, 11) is 0. The van der Waals surface area contributed by atoms with Gasteiger partial charge in [0.05, 0.1) is 9.85 Å². The van der Waals surface area contributed by atoms with E-state index in [1.165, 1.54) is 60.7 Å². The molecule has 4 aromatic carbocycles. The van der Waals surface area contributed by atoms with Crippen molar-refractivity contribution in [1.29, 1.82) is 0 Å². The molecule has 0 radical (unpaired) electrons. The molecule has 0 unspecified atom stereocenters. The van der Waals surface area contributed by atoms with Gasteiger partial charge in [-0.05, 0) is 65.1 Å². The third-order valence-corrected chi connectivity index (χ3v) is 6.26. The van der Waals surface area contributed by atoms with E-state index in [4.69, 9.17) is 0 Å². The maximum Gasteiger partial charge on any atom is 0.310 e. The Hall–Kier alpha value is -5.12. The molecule has 0 aromatic heterocycles. The predicted molar refractivity (Wildman–Crippen MR) is 134 cm³/mol. The number of nitro groups is 2. The van der Waals surface area contributed by atoms with Crippen molar-refractivity contribution in [3.63, 3.8) is 0 Å². The van der Waals surface area contributed by atoms with E-state index in [9.17, 15) is 40.7 Å². The molecule has 188 valence electrons. The van der Waals surface area contributed by atoms with Crippen LogP contribution in [-0.4, -0.2) is 30.3 Å². The quantitative estimate of drug-likeness (QED) is 0.176. The Kier molecular flexibility index (Phi) is 6.92. The van der Waals surface area contributed by atoms with Gasteiger partial charge in [0.2, 0.25) is 0 Å². The predicted octanol–water partition coefficient (Wildman–Crippen LogP) is 5.68. The van der Waals surface area contributed by atoms with Crippen LogP contribution in [0, 0.1) is 20.2 Å². The van der Waals surface area contributed by atoms with Gasteiger partial charge < -0.3 is 20.4 Å². The zero-order valence-electron chi connectivity index (χ0n) is 19.3. The molecule has 0 fully saturated rings. The summed E-state index contributed by atoms with van der Waals surface area (Å²) in [4.78, 5) is 21.6. The number of phenols is 4. The van der Waals surface area contributed by atoms with Crippen molar-refractivity contribution >= 4 is 11.4 Å². The van der Waals surface area contributed by atoms with Crippen molar-refractivity contribution in [3.8, 4) is 23.0 Å². The van der Waals surface area contributed by atoms with Crippen molar-refractivity contribution < 1.29 is 30.3 Å². The molecular formula is C27H22N2O8. The fraction of sp³-hybridized carbons (Fsp3) is 0.111. The molecule has 4 N–H and O–H groups in total. The van der Waals surface area contributed by atoms with Crippen LogP contribution in [0.4, 0.5) is 11.4 Å². The minimum Gasteiger partial charge on any atom is -0.508 e. The van der Waals surface area contributed by atoms with Gasteiger partial charge in [-0.2, -0.15) is 0 Å². The number of nitrogens with zero attached hydrogens (tertiary/aromatic N) is 2. The Bertz CT molecular complexity index is 1340. The molecule has 37 heavy (non-hydrogen) atoms. The smallest absolute Gasteiger partial charge is 0.310 e. The number of rotatable bonds is 8. The van der Waals surface area contributed by atoms with Crippen molar-refractivity contribution in [2.24, 2.45) is 0 Å². The molecule has 4 aromatic rings. The zero-order valence-corrected chi connectivity index (χ0v) is 19.3. The Morgan fingerprint density at radius 2 is 0.865 bits per heavy atom. The minimum absolute atomic E-state index is 0.0630. The minimum atomic E-state index is -0.716. The first-order chi connectivity index (χ1) is 17.6. The van der Waals surface area contributed by atoms with Gasteiger partial charge >= 0.3 is 11.4 Å². The molecule has 0 aliphatic carbocycles. The van der Waals surface area contributed by atoms with E-state index >= 15 is 0 Å². The van der Waals surface area contributed by atoms with E-state index < -0.39 is 38.6 Å². The van der Waals surface area contributed by atoms with Crippen LogP contribution in [0.3, 0.4) is 0 Å². The molecule has 10 heteroatoms. The topological polar surface area (TPSA) is 167 Å². The van der Waals surface area contributed by atoms with Gasteiger partial charge in [0, 0.05) is 24.0 Å². The highest BCUT2D eigenvalue weighted by Crippen LogP contribution is 2.43. The Labute approximate surface area is 210 Å². The summed E-state index contributed by atoms with van der Waals surface area (Å²) in [6.45, 7) is 0. The van der Waals surface area contributed by atoms with Crippen LogP contribution in [0.5, 0.6) is 23.0 Å². The summed E-state index contributed by atoms with van der Waals surface area (Å²) in [5.41, 5.74) is 1.40. The second kappa shape index (κ2) is 10.2. The van der Waals surface area contributed by atoms with Crippen LogP contribution in [-0.2, 0) is 0 Å². The molecule has 0 amide bonds. The molecule has 0 saturated carbocycles. The second-order valence-corrected chi connectivity index (χ2v) is 8.53. The van der Waals surface area contributed by atoms with Crippen LogP contribution in [0.15, 0.2) is 84.9 Å². The van der Waals surface area contributed by atoms with E-state index in [2.05, 4.69) is 0 Å².